The maximum Gasteiger partial charge on any atom is 0.320 e. The predicted octanol–water partition coefficient (Wildman–Crippen LogP) is 1.63. The van der Waals surface area contributed by atoms with Gasteiger partial charge in [-0.05, 0) is 31.6 Å². The van der Waals surface area contributed by atoms with Crippen molar-refractivity contribution in [2.24, 2.45) is 11.8 Å². The highest BCUT2D eigenvalue weighted by atomic mass is 16.4. The highest BCUT2D eigenvalue weighted by Crippen LogP contribution is 2.21. The van der Waals surface area contributed by atoms with E-state index < -0.39 is 5.97 Å². The standard InChI is InChI=1S/C13H22N2O3/c1-10-4-2-6-14(8-10)13(18)15-7-3-5-11(9-15)12(16)17/h10-11H,2-9H2,1H3,(H,16,17). The molecule has 0 aromatic rings. The van der Waals surface area contributed by atoms with Gasteiger partial charge in [0.25, 0.3) is 0 Å². The van der Waals surface area contributed by atoms with Crippen molar-refractivity contribution in [3.63, 3.8) is 0 Å². The minimum absolute atomic E-state index is 0.0347. The minimum atomic E-state index is -0.778. The minimum Gasteiger partial charge on any atom is -0.481 e. The molecule has 2 saturated heterocycles. The van der Waals surface area contributed by atoms with E-state index in [-0.39, 0.29) is 11.9 Å². The van der Waals surface area contributed by atoms with Crippen LogP contribution in [-0.4, -0.2) is 53.1 Å². The second kappa shape index (κ2) is 5.59. The van der Waals surface area contributed by atoms with Gasteiger partial charge in [-0.25, -0.2) is 4.79 Å². The molecule has 102 valence electrons. The van der Waals surface area contributed by atoms with E-state index in [2.05, 4.69) is 6.92 Å². The van der Waals surface area contributed by atoms with Gasteiger partial charge in [0.05, 0.1) is 5.92 Å². The van der Waals surface area contributed by atoms with Gasteiger partial charge in [-0.3, -0.25) is 4.79 Å². The van der Waals surface area contributed by atoms with Crippen LogP contribution in [0.15, 0.2) is 0 Å². The Kier molecular flexibility index (Phi) is 4.09. The number of aliphatic carboxylic acids is 1. The second-order valence-electron chi connectivity index (χ2n) is 5.60. The van der Waals surface area contributed by atoms with Gasteiger partial charge in [0.1, 0.15) is 0 Å². The average molecular weight is 254 g/mol. The molecule has 0 bridgehead atoms. The van der Waals surface area contributed by atoms with Crippen LogP contribution in [0.2, 0.25) is 0 Å². The Morgan fingerprint density at radius 3 is 2.28 bits per heavy atom. The van der Waals surface area contributed by atoms with Crippen molar-refractivity contribution in [3.05, 3.63) is 0 Å². The summed E-state index contributed by atoms with van der Waals surface area (Å²) in [4.78, 5) is 26.9. The average Bonchev–Trinajstić information content (AvgIpc) is 2.38. The first-order valence-corrected chi connectivity index (χ1v) is 6.84. The first-order chi connectivity index (χ1) is 8.58. The molecule has 0 saturated carbocycles. The summed E-state index contributed by atoms with van der Waals surface area (Å²) >= 11 is 0. The van der Waals surface area contributed by atoms with Crippen LogP contribution in [0, 0.1) is 11.8 Å². The summed E-state index contributed by atoms with van der Waals surface area (Å²) in [5.41, 5.74) is 0. The van der Waals surface area contributed by atoms with Crippen LogP contribution in [-0.2, 0) is 4.79 Å². The van der Waals surface area contributed by atoms with Crippen molar-refractivity contribution in [1.29, 1.82) is 0 Å². The van der Waals surface area contributed by atoms with Crippen molar-refractivity contribution >= 4 is 12.0 Å². The summed E-state index contributed by atoms with van der Waals surface area (Å²) in [7, 11) is 0. The number of amides is 2. The number of carbonyl (C=O) groups is 2. The van der Waals surface area contributed by atoms with E-state index in [0.717, 1.165) is 25.9 Å². The molecule has 0 radical (unpaired) electrons. The van der Waals surface area contributed by atoms with Gasteiger partial charge in [-0.2, -0.15) is 0 Å². The molecule has 1 N–H and O–H groups in total. The van der Waals surface area contributed by atoms with Crippen molar-refractivity contribution in [2.75, 3.05) is 26.2 Å². The molecule has 2 atom stereocenters. The van der Waals surface area contributed by atoms with Crippen molar-refractivity contribution < 1.29 is 14.7 Å². The lowest BCUT2D eigenvalue weighted by Gasteiger charge is -2.38. The monoisotopic (exact) mass is 254 g/mol. The van der Waals surface area contributed by atoms with E-state index in [0.29, 0.717) is 25.4 Å². The number of carboxylic acid groups (broad SMARTS) is 1. The van der Waals surface area contributed by atoms with Gasteiger partial charge in [0, 0.05) is 26.2 Å². The highest BCUT2D eigenvalue weighted by Gasteiger charge is 2.31. The van der Waals surface area contributed by atoms with Crippen LogP contribution >= 0.6 is 0 Å². The van der Waals surface area contributed by atoms with E-state index in [1.807, 2.05) is 4.90 Å². The summed E-state index contributed by atoms with van der Waals surface area (Å²) in [6.45, 7) is 4.87. The fourth-order valence-corrected chi connectivity index (χ4v) is 2.92. The number of carbonyl (C=O) groups excluding carboxylic acids is 1. The lowest BCUT2D eigenvalue weighted by molar-refractivity contribution is -0.143. The third-order valence-electron chi connectivity index (χ3n) is 3.97. The Balaban J connectivity index is 1.93. The van der Waals surface area contributed by atoms with E-state index in [4.69, 9.17) is 5.11 Å². The lowest BCUT2D eigenvalue weighted by Crippen LogP contribution is -2.51. The molecule has 2 fully saturated rings. The zero-order valence-electron chi connectivity index (χ0n) is 11.0. The maximum absolute atomic E-state index is 12.3. The number of piperidine rings is 2. The zero-order chi connectivity index (χ0) is 13.1. The molecule has 2 aliphatic rings. The molecular weight excluding hydrogens is 232 g/mol. The van der Waals surface area contributed by atoms with E-state index >= 15 is 0 Å². The lowest BCUT2D eigenvalue weighted by atomic mass is 9.98. The molecular formula is C13H22N2O3. The Morgan fingerprint density at radius 1 is 1.06 bits per heavy atom. The molecule has 5 heteroatoms. The van der Waals surface area contributed by atoms with Crippen molar-refractivity contribution in [3.8, 4) is 0 Å². The van der Waals surface area contributed by atoms with Gasteiger partial charge < -0.3 is 14.9 Å². The molecule has 2 rings (SSSR count). The number of hydrogen-bond donors (Lipinski definition) is 1. The summed E-state index contributed by atoms with van der Waals surface area (Å²) in [6, 6.07) is 0.0347. The molecule has 2 heterocycles. The number of urea groups is 1. The smallest absolute Gasteiger partial charge is 0.320 e. The van der Waals surface area contributed by atoms with E-state index in [1.54, 1.807) is 4.90 Å². The third-order valence-corrected chi connectivity index (χ3v) is 3.97. The molecule has 0 spiro atoms. The number of carboxylic acids is 1. The number of rotatable bonds is 1. The Bertz CT molecular complexity index is 332. The molecule has 2 aliphatic heterocycles. The SMILES string of the molecule is CC1CCCN(C(=O)N2CCCC(C(=O)O)C2)C1. The van der Waals surface area contributed by atoms with Crippen LogP contribution in [0.5, 0.6) is 0 Å². The first kappa shape index (κ1) is 13.2. The van der Waals surface area contributed by atoms with Crippen LogP contribution in [0.1, 0.15) is 32.6 Å². The Labute approximate surface area is 108 Å². The van der Waals surface area contributed by atoms with Crippen LogP contribution in [0.3, 0.4) is 0 Å². The molecule has 2 amide bonds. The number of nitrogens with zero attached hydrogens (tertiary/aromatic N) is 2. The van der Waals surface area contributed by atoms with Crippen molar-refractivity contribution in [1.82, 2.24) is 9.80 Å². The van der Waals surface area contributed by atoms with Gasteiger partial charge in [-0.15, -0.1) is 0 Å². The maximum atomic E-state index is 12.3. The molecule has 0 aromatic carbocycles. The van der Waals surface area contributed by atoms with Crippen LogP contribution < -0.4 is 0 Å². The summed E-state index contributed by atoms with van der Waals surface area (Å²) in [5, 5.41) is 9.04. The summed E-state index contributed by atoms with van der Waals surface area (Å²) < 4.78 is 0. The molecule has 18 heavy (non-hydrogen) atoms. The molecule has 5 nitrogen and oxygen atoms in total. The van der Waals surface area contributed by atoms with Crippen LogP contribution in [0.4, 0.5) is 4.79 Å². The Morgan fingerprint density at radius 2 is 1.67 bits per heavy atom. The Hall–Kier alpha value is -1.26. The molecule has 0 aromatic heterocycles. The van der Waals surface area contributed by atoms with Gasteiger partial charge in [0.15, 0.2) is 0 Å². The fourth-order valence-electron chi connectivity index (χ4n) is 2.92. The largest absolute Gasteiger partial charge is 0.481 e. The van der Waals surface area contributed by atoms with E-state index in [9.17, 15) is 9.59 Å². The van der Waals surface area contributed by atoms with Gasteiger partial charge in [0.2, 0.25) is 0 Å². The van der Waals surface area contributed by atoms with Gasteiger partial charge >= 0.3 is 12.0 Å². The molecule has 0 aliphatic carbocycles. The van der Waals surface area contributed by atoms with Gasteiger partial charge in [-0.1, -0.05) is 6.92 Å². The number of hydrogen-bond acceptors (Lipinski definition) is 2. The topological polar surface area (TPSA) is 60.9 Å². The summed E-state index contributed by atoms with van der Waals surface area (Å²) in [6.07, 6.45) is 3.73. The molecule has 2 unspecified atom stereocenters. The van der Waals surface area contributed by atoms with E-state index in [1.165, 1.54) is 6.42 Å². The zero-order valence-corrected chi connectivity index (χ0v) is 11.0. The normalized spacial score (nSPS) is 29.2. The summed E-state index contributed by atoms with van der Waals surface area (Å²) in [5.74, 6) is -0.604. The van der Waals surface area contributed by atoms with Crippen molar-refractivity contribution in [2.45, 2.75) is 32.6 Å². The number of likely N-dealkylation sites (tertiary alicyclic amines) is 2. The van der Waals surface area contributed by atoms with Crippen LogP contribution in [0.25, 0.3) is 0 Å². The highest BCUT2D eigenvalue weighted by molar-refractivity contribution is 5.76. The predicted molar refractivity (Wildman–Crippen MR) is 67.3 cm³/mol. The fraction of sp³-hybridized carbons (Fsp3) is 0.846. The quantitative estimate of drug-likeness (QED) is 0.773. The first-order valence-electron chi connectivity index (χ1n) is 6.84. The third kappa shape index (κ3) is 2.94. The second-order valence-corrected chi connectivity index (χ2v) is 5.60.